The highest BCUT2D eigenvalue weighted by Gasteiger charge is 2.29. The summed E-state index contributed by atoms with van der Waals surface area (Å²) in [7, 11) is 1.49. The molecule has 0 radical (unpaired) electrons. The van der Waals surface area contributed by atoms with Gasteiger partial charge in [0.15, 0.2) is 0 Å². The zero-order chi connectivity index (χ0) is 28.9. The quantitative estimate of drug-likeness (QED) is 0.241. The molecule has 1 unspecified atom stereocenters. The second-order valence-electron chi connectivity index (χ2n) is 10.6. The molecule has 1 saturated heterocycles. The molecule has 1 aromatic rings. The number of unbranched alkanes of at least 4 members (excludes halogenated alkanes) is 1. The van der Waals surface area contributed by atoms with Crippen LogP contribution < -0.4 is 5.32 Å². The fourth-order valence-corrected chi connectivity index (χ4v) is 6.25. The zero-order valence-electron chi connectivity index (χ0n) is 25.0. The first-order chi connectivity index (χ1) is 18.6. The highest BCUT2D eigenvalue weighted by atomic mass is 32.2. The molecule has 0 aromatic heterocycles. The summed E-state index contributed by atoms with van der Waals surface area (Å²) < 4.78 is 21.3. The normalized spacial score (nSPS) is 21.3. The van der Waals surface area contributed by atoms with E-state index in [1.165, 1.54) is 22.4 Å². The number of hydrogen-bond donors (Lipinski definition) is 1. The Hall–Kier alpha value is -2.86. The van der Waals surface area contributed by atoms with Crippen molar-refractivity contribution in [2.75, 3.05) is 32.1 Å². The van der Waals surface area contributed by atoms with Gasteiger partial charge in [-0.05, 0) is 75.3 Å². The van der Waals surface area contributed by atoms with Crippen LogP contribution in [0.1, 0.15) is 78.8 Å². The molecular weight excluding hydrogens is 502 g/mol. The summed E-state index contributed by atoms with van der Waals surface area (Å²) in [6, 6.07) is 8.75. The van der Waals surface area contributed by atoms with Gasteiger partial charge in [0.1, 0.15) is 9.84 Å². The maximum absolute atomic E-state index is 10.7. The number of benzene rings is 1. The summed E-state index contributed by atoms with van der Waals surface area (Å²) in [4.78, 5) is 6.80. The minimum atomic E-state index is -2.58. The van der Waals surface area contributed by atoms with E-state index in [1.807, 2.05) is 27.1 Å². The Balaban J connectivity index is 0.000000761. The largest absolute Gasteiger partial charge is 0.383 e. The van der Waals surface area contributed by atoms with E-state index in [1.54, 1.807) is 0 Å². The Kier molecular flexibility index (Phi) is 13.0. The second kappa shape index (κ2) is 15.7. The number of hydrogen-bond acceptors (Lipinski definition) is 5. The van der Waals surface area contributed by atoms with E-state index in [2.05, 4.69) is 92.3 Å². The summed E-state index contributed by atoms with van der Waals surface area (Å²) in [5.74, 6) is 0.847. The first-order valence-electron chi connectivity index (χ1n) is 14.3. The summed E-state index contributed by atoms with van der Waals surface area (Å²) >= 11 is 0. The van der Waals surface area contributed by atoms with Gasteiger partial charge in [0.2, 0.25) is 0 Å². The van der Waals surface area contributed by atoms with Crippen molar-refractivity contribution in [3.63, 3.8) is 0 Å². The van der Waals surface area contributed by atoms with Crippen molar-refractivity contribution < 1.29 is 9.84 Å². The molecule has 6 heteroatoms. The van der Waals surface area contributed by atoms with Crippen molar-refractivity contribution in [2.45, 2.75) is 71.8 Å². The topological polar surface area (TPSA) is 61.8 Å². The number of sulfone groups is 1. The average Bonchev–Trinajstić information content (AvgIpc) is 2.91. The molecule has 5 nitrogen and oxygen atoms in total. The van der Waals surface area contributed by atoms with Crippen LogP contribution in [-0.2, 0) is 15.4 Å². The maximum Gasteiger partial charge on any atom is 0.150 e. The average molecular weight is 554 g/mol. The molecule has 1 atom stereocenters. The Morgan fingerprint density at radius 3 is 2.46 bits per heavy atom. The van der Waals surface area contributed by atoms with Gasteiger partial charge in [0.05, 0.1) is 22.8 Å². The fourth-order valence-electron chi connectivity index (χ4n) is 4.76. The molecule has 39 heavy (non-hydrogen) atoms. The summed E-state index contributed by atoms with van der Waals surface area (Å²) in [5.41, 5.74) is 6.78. The van der Waals surface area contributed by atoms with Crippen LogP contribution in [0, 0.1) is 0 Å². The zero-order valence-corrected chi connectivity index (χ0v) is 25.8. The van der Waals surface area contributed by atoms with E-state index < -0.39 is 9.84 Å². The Morgan fingerprint density at radius 1 is 1.21 bits per heavy atom. The van der Waals surface area contributed by atoms with Gasteiger partial charge >= 0.3 is 0 Å². The molecule has 2 heterocycles. The van der Waals surface area contributed by atoms with Crippen LogP contribution in [-0.4, -0.2) is 51.2 Å². The third-order valence-corrected chi connectivity index (χ3v) is 8.67. The fraction of sp³-hybridized carbons (Fsp3) is 0.485. The number of dihydropyridines is 1. The van der Waals surface area contributed by atoms with E-state index in [9.17, 15) is 8.42 Å². The van der Waals surface area contributed by atoms with Crippen molar-refractivity contribution in [2.24, 2.45) is 4.99 Å². The highest BCUT2D eigenvalue weighted by molar-refractivity contribution is 7.91. The molecule has 0 spiro atoms. The first kappa shape index (κ1) is 32.4. The standard InChI is InChI=1S/C28H39N3.C5H10O2S.H2/c1-8-12-17-27-25(26(14-9-2)29-11-4)18-19-28(5,30-27)24-16-13-15-23(20-24)22(10-3)21-31(6)7;6-8(7)4-2-1-3-5-8;/h9-10,13-16,18-21,30H,3,8,11-12,17H2,1-2,4-7H3;1-5H2;1H/b14-9-,22-21+,29-26?;;. The number of aliphatic imine (C=N–C) groups is 1. The molecule has 1 aromatic carbocycles. The van der Waals surface area contributed by atoms with Crippen LogP contribution in [0.3, 0.4) is 0 Å². The Labute approximate surface area is 239 Å². The Bertz CT molecular complexity index is 1210. The van der Waals surface area contributed by atoms with Gasteiger partial charge < -0.3 is 10.2 Å². The van der Waals surface area contributed by atoms with Gasteiger partial charge in [0, 0.05) is 39.5 Å². The summed E-state index contributed by atoms with van der Waals surface area (Å²) in [6.07, 6.45) is 18.9. The summed E-state index contributed by atoms with van der Waals surface area (Å²) in [6.45, 7) is 13.4. The third-order valence-electron chi connectivity index (χ3n) is 6.85. The second-order valence-corrected chi connectivity index (χ2v) is 12.9. The summed E-state index contributed by atoms with van der Waals surface area (Å²) in [5, 5.41) is 3.88. The van der Waals surface area contributed by atoms with Crippen molar-refractivity contribution >= 4 is 21.1 Å². The van der Waals surface area contributed by atoms with E-state index in [-0.39, 0.29) is 6.97 Å². The molecule has 2 aliphatic heterocycles. The molecule has 0 saturated carbocycles. The number of nitrogens with one attached hydrogen (secondary N) is 1. The molecule has 1 fully saturated rings. The van der Waals surface area contributed by atoms with Gasteiger partial charge in [-0.15, -0.1) is 0 Å². The van der Waals surface area contributed by atoms with Gasteiger partial charge in [-0.25, -0.2) is 8.42 Å². The Morgan fingerprint density at radius 2 is 1.92 bits per heavy atom. The minimum absolute atomic E-state index is 0. The lowest BCUT2D eigenvalue weighted by Gasteiger charge is -2.35. The molecule has 3 rings (SSSR count). The van der Waals surface area contributed by atoms with Crippen LogP contribution >= 0.6 is 0 Å². The SMILES string of the molecule is C=C/C(=C\N(C)C)c1cccc(C2(C)C=CC(C(/C=C\C)=NCC)=C(CCCC)N2)c1.O=S1(=O)CCCCC1.[HH]. The van der Waals surface area contributed by atoms with E-state index in [0.29, 0.717) is 11.5 Å². The van der Waals surface area contributed by atoms with Crippen LogP contribution in [0.5, 0.6) is 0 Å². The van der Waals surface area contributed by atoms with E-state index in [4.69, 9.17) is 4.99 Å². The predicted molar refractivity (Wildman–Crippen MR) is 172 cm³/mol. The predicted octanol–water partition coefficient (Wildman–Crippen LogP) is 7.46. The van der Waals surface area contributed by atoms with Gasteiger partial charge in [0.25, 0.3) is 0 Å². The maximum atomic E-state index is 10.7. The van der Waals surface area contributed by atoms with Crippen molar-refractivity contribution in [3.8, 4) is 0 Å². The van der Waals surface area contributed by atoms with Crippen LogP contribution in [0.15, 0.2) is 83.7 Å². The smallest absolute Gasteiger partial charge is 0.150 e. The first-order valence-corrected chi connectivity index (χ1v) is 16.1. The van der Waals surface area contributed by atoms with Crippen molar-refractivity contribution in [1.29, 1.82) is 0 Å². The van der Waals surface area contributed by atoms with E-state index >= 15 is 0 Å². The number of allylic oxidation sites excluding steroid dienone is 7. The lowest BCUT2D eigenvalue weighted by Crippen LogP contribution is -2.40. The monoisotopic (exact) mass is 553 g/mol. The molecule has 0 bridgehead atoms. The third kappa shape index (κ3) is 9.99. The molecule has 1 N–H and O–H groups in total. The van der Waals surface area contributed by atoms with Gasteiger partial charge in [-0.3, -0.25) is 4.99 Å². The number of rotatable bonds is 10. The van der Waals surface area contributed by atoms with Crippen molar-refractivity contribution in [3.05, 3.63) is 89.8 Å². The van der Waals surface area contributed by atoms with Crippen molar-refractivity contribution in [1.82, 2.24) is 10.2 Å². The molecular formula is C33H51N3O2S. The van der Waals surface area contributed by atoms with Gasteiger partial charge in [-0.2, -0.15) is 0 Å². The van der Waals surface area contributed by atoms with Crippen LogP contribution in [0.4, 0.5) is 0 Å². The molecule has 2 aliphatic rings. The highest BCUT2D eigenvalue weighted by Crippen LogP contribution is 2.33. The molecule has 0 amide bonds. The lowest BCUT2D eigenvalue weighted by atomic mass is 9.84. The molecule has 0 aliphatic carbocycles. The van der Waals surface area contributed by atoms with E-state index in [0.717, 1.165) is 56.4 Å². The van der Waals surface area contributed by atoms with Gasteiger partial charge in [-0.1, -0.05) is 68.8 Å². The van der Waals surface area contributed by atoms with Crippen LogP contribution in [0.2, 0.25) is 0 Å². The molecule has 216 valence electrons. The number of nitrogens with zero attached hydrogens (tertiary/aromatic N) is 2. The van der Waals surface area contributed by atoms with Crippen LogP contribution in [0.25, 0.3) is 5.57 Å². The lowest BCUT2D eigenvalue weighted by molar-refractivity contribution is 0.483. The minimum Gasteiger partial charge on any atom is -0.383 e.